The monoisotopic (exact) mass is 469 g/mol. The number of anilines is 1. The largest absolute Gasteiger partial charge is 0.489 e. The van der Waals surface area contributed by atoms with Gasteiger partial charge in [0.05, 0.1) is 11.6 Å². The van der Waals surface area contributed by atoms with Gasteiger partial charge in [0.2, 0.25) is 5.95 Å². The molecule has 11 heteroatoms. The number of nitrogens with one attached hydrogen (secondary N) is 1. The molecule has 0 aliphatic carbocycles. The lowest BCUT2D eigenvalue weighted by Crippen LogP contribution is -2.38. The molecule has 2 aromatic heterocycles. The van der Waals surface area contributed by atoms with Gasteiger partial charge >= 0.3 is 5.69 Å². The van der Waals surface area contributed by atoms with Crippen LogP contribution < -0.4 is 21.3 Å². The van der Waals surface area contributed by atoms with Gasteiger partial charge < -0.3 is 19.7 Å². The van der Waals surface area contributed by atoms with Crippen LogP contribution in [0.15, 0.2) is 27.8 Å². The van der Waals surface area contributed by atoms with Crippen LogP contribution in [0.3, 0.4) is 0 Å². The first-order chi connectivity index (χ1) is 14.6. The smallest absolute Gasteiger partial charge is 0.332 e. The van der Waals surface area contributed by atoms with Gasteiger partial charge in [-0.1, -0.05) is 37.0 Å². The second-order valence-corrected chi connectivity index (χ2v) is 8.58. The van der Waals surface area contributed by atoms with Crippen molar-refractivity contribution in [1.29, 1.82) is 0 Å². The van der Waals surface area contributed by atoms with E-state index in [9.17, 15) is 14.7 Å². The number of halogens is 2. The molecule has 0 spiro atoms. The molecule has 0 radical (unpaired) electrons. The molecule has 1 aromatic carbocycles. The number of nitrogens with zero attached hydrogens (tertiary/aromatic N) is 4. The molecule has 1 unspecified atom stereocenters. The Morgan fingerprint density at radius 1 is 1.19 bits per heavy atom. The number of hydrogen-bond acceptors (Lipinski definition) is 6. The Hall–Kier alpha value is -2.49. The number of rotatable bonds is 8. The van der Waals surface area contributed by atoms with E-state index in [0.717, 1.165) is 4.57 Å². The Balaban J connectivity index is 1.94. The van der Waals surface area contributed by atoms with Crippen LogP contribution in [0.4, 0.5) is 5.95 Å². The number of benzene rings is 1. The molecule has 0 bridgehead atoms. The van der Waals surface area contributed by atoms with E-state index in [1.807, 2.05) is 13.8 Å². The number of aryl methyl sites for hydroxylation is 1. The summed E-state index contributed by atoms with van der Waals surface area (Å²) in [7, 11) is 2.96. The van der Waals surface area contributed by atoms with Crippen LogP contribution in [-0.4, -0.2) is 43.0 Å². The summed E-state index contributed by atoms with van der Waals surface area (Å²) >= 11 is 12.0. The topological polar surface area (TPSA) is 103 Å². The summed E-state index contributed by atoms with van der Waals surface area (Å²) in [5.74, 6) is 1.10. The van der Waals surface area contributed by atoms with E-state index in [1.54, 1.807) is 29.8 Å². The molecule has 3 aromatic rings. The number of aliphatic hydroxyl groups excluding tert-OH is 1. The summed E-state index contributed by atoms with van der Waals surface area (Å²) in [4.78, 5) is 29.6. The van der Waals surface area contributed by atoms with Crippen molar-refractivity contribution in [2.75, 3.05) is 18.5 Å². The first kappa shape index (κ1) is 23.2. The molecule has 0 fully saturated rings. The quantitative estimate of drug-likeness (QED) is 0.524. The Labute approximate surface area is 188 Å². The molecule has 0 saturated carbocycles. The summed E-state index contributed by atoms with van der Waals surface area (Å²) in [5.41, 5.74) is -0.497. The molecule has 0 amide bonds. The van der Waals surface area contributed by atoms with Crippen molar-refractivity contribution in [2.24, 2.45) is 20.0 Å². The second-order valence-electron chi connectivity index (χ2n) is 7.74. The Morgan fingerprint density at radius 2 is 1.90 bits per heavy atom. The maximum Gasteiger partial charge on any atom is 0.332 e. The van der Waals surface area contributed by atoms with Gasteiger partial charge in [0.1, 0.15) is 18.5 Å². The van der Waals surface area contributed by atoms with Gasteiger partial charge in [-0.25, -0.2) is 4.79 Å². The minimum Gasteiger partial charge on any atom is -0.489 e. The van der Waals surface area contributed by atoms with E-state index in [-0.39, 0.29) is 24.3 Å². The maximum absolute atomic E-state index is 12.8. The molecular weight excluding hydrogens is 445 g/mol. The Kier molecular flexibility index (Phi) is 6.98. The van der Waals surface area contributed by atoms with Crippen molar-refractivity contribution >= 4 is 40.3 Å². The molecule has 31 heavy (non-hydrogen) atoms. The summed E-state index contributed by atoms with van der Waals surface area (Å²) in [5, 5.41) is 14.6. The number of fused-ring (bicyclic) bond motifs is 1. The summed E-state index contributed by atoms with van der Waals surface area (Å²) in [6.45, 7) is 4.62. The average Bonchev–Trinajstić information content (AvgIpc) is 3.06. The fraction of sp³-hybridized carbons (Fsp3) is 0.450. The van der Waals surface area contributed by atoms with E-state index in [4.69, 9.17) is 27.9 Å². The van der Waals surface area contributed by atoms with Crippen LogP contribution in [0, 0.1) is 5.92 Å². The highest BCUT2D eigenvalue weighted by Crippen LogP contribution is 2.27. The molecule has 1 atom stereocenters. The normalized spacial score (nSPS) is 12.5. The molecule has 0 saturated heterocycles. The highest BCUT2D eigenvalue weighted by molar-refractivity contribution is 6.35. The van der Waals surface area contributed by atoms with Gasteiger partial charge in [-0.3, -0.25) is 13.9 Å². The third-order valence-electron chi connectivity index (χ3n) is 4.73. The average molecular weight is 470 g/mol. The van der Waals surface area contributed by atoms with Crippen molar-refractivity contribution < 1.29 is 9.84 Å². The van der Waals surface area contributed by atoms with Gasteiger partial charge in [-0.15, -0.1) is 0 Å². The lowest BCUT2D eigenvalue weighted by molar-refractivity contribution is 0.0938. The van der Waals surface area contributed by atoms with Crippen molar-refractivity contribution in [3.63, 3.8) is 0 Å². The SMILES string of the molecule is CC(C)CNc1nc2c(c(=O)n(C)c(=O)n2C)n1CC(O)COc1ccc(Cl)cc1Cl. The summed E-state index contributed by atoms with van der Waals surface area (Å²) in [6.07, 6.45) is -0.981. The summed E-state index contributed by atoms with van der Waals surface area (Å²) < 4.78 is 9.52. The Morgan fingerprint density at radius 3 is 2.55 bits per heavy atom. The number of aromatic nitrogens is 4. The van der Waals surface area contributed by atoms with Gasteiger partial charge in [-0.2, -0.15) is 4.98 Å². The molecule has 0 aliphatic rings. The fourth-order valence-electron chi connectivity index (χ4n) is 3.10. The zero-order valence-electron chi connectivity index (χ0n) is 17.7. The third kappa shape index (κ3) is 4.89. The summed E-state index contributed by atoms with van der Waals surface area (Å²) in [6, 6.07) is 4.80. The van der Waals surface area contributed by atoms with E-state index in [1.165, 1.54) is 11.6 Å². The highest BCUT2D eigenvalue weighted by Gasteiger charge is 2.21. The number of ether oxygens (including phenoxy) is 1. The predicted molar refractivity (Wildman–Crippen MR) is 122 cm³/mol. The first-order valence-electron chi connectivity index (χ1n) is 9.76. The lowest BCUT2D eigenvalue weighted by Gasteiger charge is -2.17. The lowest BCUT2D eigenvalue weighted by atomic mass is 10.2. The predicted octanol–water partition coefficient (Wildman–Crippen LogP) is 2.25. The first-order valence-corrected chi connectivity index (χ1v) is 10.5. The number of imidazole rings is 1. The standard InChI is InChI=1S/C20H25Cl2N5O4/c1-11(2)8-23-19-24-17-16(18(29)26(4)20(30)25(17)3)27(19)9-13(28)10-31-15-6-5-12(21)7-14(15)22/h5-7,11,13,28H,8-10H2,1-4H3,(H,23,24). The molecule has 2 N–H and O–H groups in total. The van der Waals surface area contributed by atoms with E-state index < -0.39 is 17.4 Å². The van der Waals surface area contributed by atoms with Crippen LogP contribution in [0.5, 0.6) is 5.75 Å². The van der Waals surface area contributed by atoms with Crippen LogP contribution in [0.2, 0.25) is 10.0 Å². The van der Waals surface area contributed by atoms with E-state index >= 15 is 0 Å². The van der Waals surface area contributed by atoms with Gasteiger partial charge in [0.15, 0.2) is 11.2 Å². The van der Waals surface area contributed by atoms with E-state index in [0.29, 0.717) is 34.2 Å². The van der Waals surface area contributed by atoms with E-state index in [2.05, 4.69) is 10.3 Å². The molecule has 0 aliphatic heterocycles. The molecule has 168 valence electrons. The van der Waals surface area contributed by atoms with Crippen molar-refractivity contribution in [3.8, 4) is 5.75 Å². The minimum absolute atomic E-state index is 0.0234. The van der Waals surface area contributed by atoms with Crippen LogP contribution in [0.1, 0.15) is 13.8 Å². The molecular formula is C20H25Cl2N5O4. The third-order valence-corrected chi connectivity index (χ3v) is 5.27. The maximum atomic E-state index is 12.8. The number of hydrogen-bond donors (Lipinski definition) is 2. The van der Waals surface area contributed by atoms with Crippen molar-refractivity contribution in [3.05, 3.63) is 49.1 Å². The fourth-order valence-corrected chi connectivity index (χ4v) is 3.56. The minimum atomic E-state index is -0.981. The highest BCUT2D eigenvalue weighted by atomic mass is 35.5. The van der Waals surface area contributed by atoms with Crippen LogP contribution in [-0.2, 0) is 20.6 Å². The Bertz CT molecular complexity index is 1210. The second kappa shape index (κ2) is 9.33. The van der Waals surface area contributed by atoms with Crippen molar-refractivity contribution in [2.45, 2.75) is 26.5 Å². The number of aliphatic hydroxyl groups is 1. The van der Waals surface area contributed by atoms with Gasteiger partial charge in [0, 0.05) is 25.7 Å². The van der Waals surface area contributed by atoms with Crippen LogP contribution >= 0.6 is 23.2 Å². The zero-order chi connectivity index (χ0) is 22.9. The zero-order valence-corrected chi connectivity index (χ0v) is 19.2. The van der Waals surface area contributed by atoms with Crippen molar-refractivity contribution in [1.82, 2.24) is 18.7 Å². The molecule has 2 heterocycles. The van der Waals surface area contributed by atoms with Crippen LogP contribution in [0.25, 0.3) is 11.2 Å². The van der Waals surface area contributed by atoms with Gasteiger partial charge in [0.25, 0.3) is 5.56 Å². The molecule has 9 nitrogen and oxygen atoms in total. The molecule has 3 rings (SSSR count). The van der Waals surface area contributed by atoms with Gasteiger partial charge in [-0.05, 0) is 24.1 Å².